The third-order valence-corrected chi connectivity index (χ3v) is 3.71. The van der Waals surface area contributed by atoms with Gasteiger partial charge in [0, 0.05) is 27.8 Å². The highest BCUT2D eigenvalue weighted by molar-refractivity contribution is 9.10. The molecule has 0 atom stereocenters. The lowest BCUT2D eigenvalue weighted by atomic mass is 9.78. The summed E-state index contributed by atoms with van der Waals surface area (Å²) in [6.45, 7) is 2.17. The van der Waals surface area contributed by atoms with Crippen molar-refractivity contribution in [3.05, 3.63) is 32.8 Å². The first-order valence-corrected chi connectivity index (χ1v) is 6.02. The number of rotatable bonds is 3. The Morgan fingerprint density at radius 2 is 2.19 bits per heavy atom. The third-order valence-electron chi connectivity index (χ3n) is 3.06. The summed E-state index contributed by atoms with van der Waals surface area (Å²) in [5.41, 5.74) is 1.18. The first-order valence-electron chi connectivity index (χ1n) is 5.22. The molecule has 0 radical (unpaired) electrons. The standard InChI is InChI=1S/C11H13BrN2O2/c1-11(5-2-6-11)13-10-4-3-8(14(15)16)7-9(10)12/h3-4,7,13H,2,5-6H2,1H3. The zero-order valence-electron chi connectivity index (χ0n) is 9.00. The van der Waals surface area contributed by atoms with E-state index in [1.807, 2.05) is 0 Å². The molecule has 1 aliphatic rings. The minimum Gasteiger partial charge on any atom is -0.379 e. The number of benzene rings is 1. The maximum Gasteiger partial charge on any atom is 0.270 e. The van der Waals surface area contributed by atoms with Crippen molar-refractivity contribution in [3.63, 3.8) is 0 Å². The van der Waals surface area contributed by atoms with E-state index in [9.17, 15) is 10.1 Å². The van der Waals surface area contributed by atoms with Crippen LogP contribution in [0.3, 0.4) is 0 Å². The summed E-state index contributed by atoms with van der Waals surface area (Å²) >= 11 is 3.35. The second-order valence-corrected chi connectivity index (χ2v) is 5.31. The molecule has 0 bridgehead atoms. The molecular formula is C11H13BrN2O2. The van der Waals surface area contributed by atoms with E-state index in [0.29, 0.717) is 0 Å². The van der Waals surface area contributed by atoms with Crippen LogP contribution in [0.4, 0.5) is 11.4 Å². The second kappa shape index (κ2) is 4.05. The normalized spacial score (nSPS) is 17.6. The molecular weight excluding hydrogens is 272 g/mol. The van der Waals surface area contributed by atoms with Gasteiger partial charge in [0.15, 0.2) is 0 Å². The minimum absolute atomic E-state index is 0.108. The summed E-state index contributed by atoms with van der Waals surface area (Å²) in [6, 6.07) is 4.81. The molecule has 2 rings (SSSR count). The van der Waals surface area contributed by atoms with Crippen LogP contribution in [0, 0.1) is 10.1 Å². The predicted octanol–water partition coefficient (Wildman–Crippen LogP) is 3.71. The van der Waals surface area contributed by atoms with Gasteiger partial charge in [-0.1, -0.05) is 0 Å². The van der Waals surface area contributed by atoms with E-state index in [0.717, 1.165) is 23.0 Å². The molecule has 0 aromatic heterocycles. The third kappa shape index (κ3) is 2.19. The van der Waals surface area contributed by atoms with E-state index in [-0.39, 0.29) is 16.1 Å². The summed E-state index contributed by atoms with van der Waals surface area (Å²) < 4.78 is 0.745. The maximum absolute atomic E-state index is 10.6. The number of halogens is 1. The molecule has 0 unspecified atom stereocenters. The Morgan fingerprint density at radius 1 is 1.50 bits per heavy atom. The first kappa shape index (κ1) is 11.4. The minimum atomic E-state index is -0.389. The van der Waals surface area contributed by atoms with Crippen LogP contribution in [0.25, 0.3) is 0 Å². The van der Waals surface area contributed by atoms with Crippen molar-refractivity contribution in [2.75, 3.05) is 5.32 Å². The molecule has 0 saturated heterocycles. The van der Waals surface area contributed by atoms with Gasteiger partial charge in [0.1, 0.15) is 0 Å². The summed E-state index contributed by atoms with van der Waals surface area (Å²) in [4.78, 5) is 10.2. The van der Waals surface area contributed by atoms with Gasteiger partial charge in [0.05, 0.1) is 4.92 Å². The average Bonchev–Trinajstić information content (AvgIpc) is 2.18. The lowest BCUT2D eigenvalue weighted by molar-refractivity contribution is -0.384. The first-order chi connectivity index (χ1) is 7.50. The van der Waals surface area contributed by atoms with Crippen LogP contribution in [0.5, 0.6) is 0 Å². The number of non-ortho nitro benzene ring substituents is 1. The molecule has 1 aliphatic carbocycles. The van der Waals surface area contributed by atoms with Gasteiger partial charge in [-0.15, -0.1) is 0 Å². The van der Waals surface area contributed by atoms with Gasteiger partial charge in [0.25, 0.3) is 5.69 Å². The van der Waals surface area contributed by atoms with Crippen molar-refractivity contribution in [3.8, 4) is 0 Å². The lowest BCUT2D eigenvalue weighted by Gasteiger charge is -2.40. The molecule has 1 aromatic rings. The van der Waals surface area contributed by atoms with Gasteiger partial charge in [-0.2, -0.15) is 0 Å². The fourth-order valence-electron chi connectivity index (χ4n) is 1.88. The van der Waals surface area contributed by atoms with Gasteiger partial charge in [0.2, 0.25) is 0 Å². The van der Waals surface area contributed by atoms with E-state index in [1.54, 1.807) is 6.07 Å². The van der Waals surface area contributed by atoms with Crippen LogP contribution in [-0.2, 0) is 0 Å². The Hall–Kier alpha value is -1.10. The molecule has 0 aliphatic heterocycles. The number of nitrogens with one attached hydrogen (secondary N) is 1. The Kier molecular flexibility index (Phi) is 2.88. The van der Waals surface area contributed by atoms with Crippen molar-refractivity contribution in [2.45, 2.75) is 31.7 Å². The maximum atomic E-state index is 10.6. The van der Waals surface area contributed by atoms with Gasteiger partial charge in [-0.25, -0.2) is 0 Å². The molecule has 1 fully saturated rings. The van der Waals surface area contributed by atoms with Crippen LogP contribution in [0.2, 0.25) is 0 Å². The number of hydrogen-bond donors (Lipinski definition) is 1. The van der Waals surface area contributed by atoms with Crippen LogP contribution in [0.15, 0.2) is 22.7 Å². The fraction of sp³-hybridized carbons (Fsp3) is 0.455. The van der Waals surface area contributed by atoms with Gasteiger partial charge in [-0.3, -0.25) is 10.1 Å². The molecule has 0 spiro atoms. The SMILES string of the molecule is CC1(Nc2ccc([N+](=O)[O-])cc2Br)CCC1. The van der Waals surface area contributed by atoms with E-state index in [4.69, 9.17) is 0 Å². The van der Waals surface area contributed by atoms with Gasteiger partial charge in [-0.05, 0) is 48.2 Å². The highest BCUT2D eigenvalue weighted by atomic mass is 79.9. The molecule has 0 amide bonds. The second-order valence-electron chi connectivity index (χ2n) is 4.46. The molecule has 16 heavy (non-hydrogen) atoms. The van der Waals surface area contributed by atoms with Crippen molar-refractivity contribution in [1.29, 1.82) is 0 Å². The summed E-state index contributed by atoms with van der Waals surface area (Å²) in [7, 11) is 0. The largest absolute Gasteiger partial charge is 0.379 e. The zero-order valence-corrected chi connectivity index (χ0v) is 10.6. The molecule has 1 N–H and O–H groups in total. The number of nitro groups is 1. The number of hydrogen-bond acceptors (Lipinski definition) is 3. The monoisotopic (exact) mass is 284 g/mol. The van der Waals surface area contributed by atoms with Crippen LogP contribution in [-0.4, -0.2) is 10.5 Å². The number of nitrogens with zero attached hydrogens (tertiary/aromatic N) is 1. The molecule has 1 aromatic carbocycles. The molecule has 1 saturated carbocycles. The Morgan fingerprint density at radius 3 is 2.62 bits per heavy atom. The predicted molar refractivity (Wildman–Crippen MR) is 66.7 cm³/mol. The van der Waals surface area contributed by atoms with Gasteiger partial charge < -0.3 is 5.32 Å². The average molecular weight is 285 g/mol. The number of anilines is 1. The Bertz CT molecular complexity index is 430. The van der Waals surface area contributed by atoms with Crippen LogP contribution >= 0.6 is 15.9 Å². The summed E-state index contributed by atoms with van der Waals surface area (Å²) in [5, 5.41) is 14.0. The van der Waals surface area contributed by atoms with E-state index in [2.05, 4.69) is 28.2 Å². The summed E-state index contributed by atoms with van der Waals surface area (Å²) in [5.74, 6) is 0. The van der Waals surface area contributed by atoms with Crippen molar-refractivity contribution in [2.24, 2.45) is 0 Å². The quantitative estimate of drug-likeness (QED) is 0.680. The molecule has 0 heterocycles. The van der Waals surface area contributed by atoms with Crippen molar-refractivity contribution < 1.29 is 4.92 Å². The van der Waals surface area contributed by atoms with E-state index in [1.165, 1.54) is 18.6 Å². The van der Waals surface area contributed by atoms with Crippen LogP contribution in [0.1, 0.15) is 26.2 Å². The smallest absolute Gasteiger partial charge is 0.270 e. The van der Waals surface area contributed by atoms with E-state index < -0.39 is 0 Å². The van der Waals surface area contributed by atoms with Crippen molar-refractivity contribution in [1.82, 2.24) is 0 Å². The Labute approximate surface area is 102 Å². The summed E-state index contributed by atoms with van der Waals surface area (Å²) in [6.07, 6.45) is 3.54. The highest BCUT2D eigenvalue weighted by Crippen LogP contribution is 2.37. The molecule has 4 nitrogen and oxygen atoms in total. The fourth-order valence-corrected chi connectivity index (χ4v) is 2.34. The van der Waals surface area contributed by atoms with Crippen molar-refractivity contribution >= 4 is 27.3 Å². The lowest BCUT2D eigenvalue weighted by Crippen LogP contribution is -2.41. The Balaban J connectivity index is 2.19. The van der Waals surface area contributed by atoms with Gasteiger partial charge >= 0.3 is 0 Å². The van der Waals surface area contributed by atoms with Crippen LogP contribution < -0.4 is 5.32 Å². The van der Waals surface area contributed by atoms with E-state index >= 15 is 0 Å². The number of nitro benzene ring substituents is 1. The zero-order chi connectivity index (χ0) is 11.8. The molecule has 86 valence electrons. The molecule has 5 heteroatoms. The topological polar surface area (TPSA) is 55.2 Å². The highest BCUT2D eigenvalue weighted by Gasteiger charge is 2.31.